The average molecular weight is 479 g/mol. The van der Waals surface area contributed by atoms with Crippen LogP contribution in [0, 0.1) is 25.2 Å². The van der Waals surface area contributed by atoms with Crippen molar-refractivity contribution in [1.29, 1.82) is 5.26 Å². The lowest BCUT2D eigenvalue weighted by molar-refractivity contribution is 0.0846. The van der Waals surface area contributed by atoms with Crippen LogP contribution in [0.15, 0.2) is 27.4 Å². The maximum Gasteiger partial charge on any atom is 0.256 e. The fourth-order valence-electron chi connectivity index (χ4n) is 4.83. The van der Waals surface area contributed by atoms with Crippen molar-refractivity contribution in [3.8, 4) is 11.8 Å². The Balaban J connectivity index is 1.75. The number of hydrogen-bond donors (Lipinski definition) is 2. The van der Waals surface area contributed by atoms with Crippen molar-refractivity contribution in [2.45, 2.75) is 46.2 Å². The fourth-order valence-corrected chi connectivity index (χ4v) is 4.83. The summed E-state index contributed by atoms with van der Waals surface area (Å²) in [5.41, 5.74) is 3.27. The molecule has 1 aliphatic heterocycles. The molecule has 9 heteroatoms. The Kier molecular flexibility index (Phi) is 7.12. The maximum atomic E-state index is 13.5. The predicted octanol–water partition coefficient (Wildman–Crippen LogP) is 3.55. The molecule has 0 bridgehead atoms. The molecule has 1 aromatic carbocycles. The van der Waals surface area contributed by atoms with Crippen LogP contribution in [0.1, 0.15) is 52.7 Å². The molecule has 1 saturated heterocycles. The van der Waals surface area contributed by atoms with E-state index < -0.39 is 0 Å². The molecule has 0 saturated carbocycles. The summed E-state index contributed by atoms with van der Waals surface area (Å²) >= 11 is 0. The van der Waals surface area contributed by atoms with Crippen LogP contribution in [0.5, 0.6) is 5.75 Å². The van der Waals surface area contributed by atoms with Crippen LogP contribution < -0.4 is 20.5 Å². The van der Waals surface area contributed by atoms with Crippen molar-refractivity contribution >= 4 is 22.6 Å². The van der Waals surface area contributed by atoms with Gasteiger partial charge in [0.2, 0.25) is 5.76 Å². The summed E-state index contributed by atoms with van der Waals surface area (Å²) in [6.07, 6.45) is 1.79. The Morgan fingerprint density at radius 3 is 2.69 bits per heavy atom. The van der Waals surface area contributed by atoms with E-state index in [2.05, 4.69) is 22.1 Å². The second-order valence-corrected chi connectivity index (χ2v) is 8.67. The van der Waals surface area contributed by atoms with Crippen LogP contribution in [0.3, 0.4) is 0 Å². The SMILES string of the molecule is CCN(c1cc2oc(C#N)cc2c(C(=O)NCc2c(OC)cc(C)[nH]c2=O)c1C)C1CCOCC1. The molecule has 1 aliphatic rings. The lowest BCUT2D eigenvalue weighted by Crippen LogP contribution is -2.40. The zero-order chi connectivity index (χ0) is 25.1. The number of hydrogen-bond acceptors (Lipinski definition) is 7. The number of ether oxygens (including phenoxy) is 2. The molecule has 2 N–H and O–H groups in total. The number of anilines is 1. The number of aryl methyl sites for hydroxylation is 1. The van der Waals surface area contributed by atoms with Crippen LogP contribution in [-0.2, 0) is 11.3 Å². The Hall–Kier alpha value is -3.77. The quantitative estimate of drug-likeness (QED) is 0.533. The summed E-state index contributed by atoms with van der Waals surface area (Å²) < 4.78 is 16.6. The summed E-state index contributed by atoms with van der Waals surface area (Å²) in [5, 5.41) is 12.8. The molecule has 35 heavy (non-hydrogen) atoms. The van der Waals surface area contributed by atoms with Crippen LogP contribution in [0.2, 0.25) is 0 Å². The number of carbonyl (C=O) groups excluding carboxylic acids is 1. The van der Waals surface area contributed by atoms with Gasteiger partial charge >= 0.3 is 0 Å². The van der Waals surface area contributed by atoms with Crippen molar-refractivity contribution < 1.29 is 18.7 Å². The minimum Gasteiger partial charge on any atom is -0.496 e. The number of furan rings is 1. The molecule has 0 radical (unpaired) electrons. The summed E-state index contributed by atoms with van der Waals surface area (Å²) in [7, 11) is 1.49. The van der Waals surface area contributed by atoms with Gasteiger partial charge in [0.15, 0.2) is 0 Å². The number of carbonyl (C=O) groups is 1. The fraction of sp³-hybridized carbons (Fsp3) is 0.423. The first-order valence-corrected chi connectivity index (χ1v) is 11.7. The van der Waals surface area contributed by atoms with E-state index >= 15 is 0 Å². The van der Waals surface area contributed by atoms with Crippen molar-refractivity contribution in [2.24, 2.45) is 0 Å². The Morgan fingerprint density at radius 2 is 2.03 bits per heavy atom. The highest BCUT2D eigenvalue weighted by molar-refractivity contribution is 6.09. The molecular weight excluding hydrogens is 448 g/mol. The number of H-pyrrole nitrogens is 1. The van der Waals surface area contributed by atoms with Gasteiger partial charge in [-0.25, -0.2) is 0 Å². The lowest BCUT2D eigenvalue weighted by atomic mass is 9.98. The normalized spacial score (nSPS) is 14.0. The number of benzene rings is 1. The lowest BCUT2D eigenvalue weighted by Gasteiger charge is -2.36. The van der Waals surface area contributed by atoms with Crippen LogP contribution >= 0.6 is 0 Å². The summed E-state index contributed by atoms with van der Waals surface area (Å²) in [6.45, 7) is 7.89. The van der Waals surface area contributed by atoms with Gasteiger partial charge in [0.05, 0.1) is 24.8 Å². The Morgan fingerprint density at radius 1 is 1.29 bits per heavy atom. The number of nitriles is 1. The molecule has 2 aromatic heterocycles. The van der Waals surface area contributed by atoms with E-state index in [-0.39, 0.29) is 29.8 Å². The first kappa shape index (κ1) is 24.4. The van der Waals surface area contributed by atoms with Gasteiger partial charge in [-0.15, -0.1) is 0 Å². The number of aromatic nitrogens is 1. The Bertz CT molecular complexity index is 1340. The minimum atomic E-state index is -0.357. The molecule has 4 rings (SSSR count). The van der Waals surface area contributed by atoms with Gasteiger partial charge in [-0.05, 0) is 45.2 Å². The summed E-state index contributed by atoms with van der Waals surface area (Å²) in [6, 6.07) is 7.52. The molecule has 1 amide bonds. The molecular formula is C26H30N4O5. The van der Waals surface area contributed by atoms with E-state index in [1.807, 2.05) is 19.1 Å². The highest BCUT2D eigenvalue weighted by atomic mass is 16.5. The van der Waals surface area contributed by atoms with Gasteiger partial charge in [-0.3, -0.25) is 9.59 Å². The minimum absolute atomic E-state index is 0.0107. The van der Waals surface area contributed by atoms with Crippen LogP contribution in [0.25, 0.3) is 11.0 Å². The molecule has 184 valence electrons. The zero-order valence-electron chi connectivity index (χ0n) is 20.5. The van der Waals surface area contributed by atoms with Crippen LogP contribution in [0.4, 0.5) is 5.69 Å². The number of nitrogens with one attached hydrogen (secondary N) is 2. The van der Waals surface area contributed by atoms with Gasteiger partial charge in [0, 0.05) is 54.7 Å². The van der Waals surface area contributed by atoms with Gasteiger partial charge in [-0.2, -0.15) is 5.26 Å². The standard InChI is InChI=1S/C26H30N4O5/c1-5-30(17-6-8-34-9-7-17)21-12-23-19(11-18(13-27)35-23)24(16(21)3)26(32)28-14-20-22(33-4)10-15(2)29-25(20)31/h10-12,17H,5-9,14H2,1-4H3,(H,28,32)(H,29,31). The summed E-state index contributed by atoms with van der Waals surface area (Å²) in [5.74, 6) is 0.190. The monoisotopic (exact) mass is 478 g/mol. The third-order valence-corrected chi connectivity index (χ3v) is 6.55. The van der Waals surface area contributed by atoms with Crippen molar-refractivity contribution in [3.63, 3.8) is 0 Å². The number of rotatable bonds is 7. The predicted molar refractivity (Wildman–Crippen MR) is 132 cm³/mol. The molecule has 0 unspecified atom stereocenters. The van der Waals surface area contributed by atoms with E-state index in [1.165, 1.54) is 7.11 Å². The van der Waals surface area contributed by atoms with Crippen molar-refractivity contribution in [3.05, 3.63) is 56.7 Å². The van der Waals surface area contributed by atoms with Crippen molar-refractivity contribution in [1.82, 2.24) is 10.3 Å². The number of pyridine rings is 1. The largest absolute Gasteiger partial charge is 0.496 e. The van der Waals surface area contributed by atoms with E-state index in [0.717, 1.165) is 30.6 Å². The highest BCUT2D eigenvalue weighted by Gasteiger charge is 2.27. The van der Waals surface area contributed by atoms with Crippen molar-refractivity contribution in [2.75, 3.05) is 31.8 Å². The van der Waals surface area contributed by atoms with Gasteiger partial charge < -0.3 is 29.1 Å². The van der Waals surface area contributed by atoms with Gasteiger partial charge in [-0.1, -0.05) is 0 Å². The number of fused-ring (bicyclic) bond motifs is 1. The molecule has 9 nitrogen and oxygen atoms in total. The molecule has 1 fully saturated rings. The van der Waals surface area contributed by atoms with Gasteiger partial charge in [0.25, 0.3) is 11.5 Å². The average Bonchev–Trinajstić information content (AvgIpc) is 3.27. The molecule has 0 aliphatic carbocycles. The zero-order valence-corrected chi connectivity index (χ0v) is 20.5. The Labute approximate surface area is 203 Å². The van der Waals surface area contributed by atoms with Gasteiger partial charge in [0.1, 0.15) is 17.4 Å². The van der Waals surface area contributed by atoms with Crippen LogP contribution in [-0.4, -0.2) is 43.8 Å². The third-order valence-electron chi connectivity index (χ3n) is 6.55. The first-order valence-electron chi connectivity index (χ1n) is 11.7. The second kappa shape index (κ2) is 10.2. The topological polar surface area (TPSA) is 121 Å². The third kappa shape index (κ3) is 4.75. The van der Waals surface area contributed by atoms with E-state index in [9.17, 15) is 14.9 Å². The first-order chi connectivity index (χ1) is 16.9. The smallest absolute Gasteiger partial charge is 0.256 e. The van der Waals surface area contributed by atoms with E-state index in [0.29, 0.717) is 46.8 Å². The maximum absolute atomic E-state index is 13.5. The van der Waals surface area contributed by atoms with E-state index in [4.69, 9.17) is 13.9 Å². The number of methoxy groups -OCH3 is 1. The second-order valence-electron chi connectivity index (χ2n) is 8.67. The molecule has 3 aromatic rings. The highest BCUT2D eigenvalue weighted by Crippen LogP contribution is 2.35. The molecule has 0 atom stereocenters. The molecule has 3 heterocycles. The number of nitrogens with zero attached hydrogens (tertiary/aromatic N) is 2. The number of aromatic amines is 1. The molecule has 0 spiro atoms. The number of amides is 1. The summed E-state index contributed by atoms with van der Waals surface area (Å²) in [4.78, 5) is 31.0. The van der Waals surface area contributed by atoms with E-state index in [1.54, 1.807) is 19.1 Å².